The molecular weight excluding hydrogens is 258 g/mol. The number of nitrogens with two attached hydrogens (primary N) is 1. The lowest BCUT2D eigenvalue weighted by Gasteiger charge is -2.23. The molecule has 1 unspecified atom stereocenters. The predicted molar refractivity (Wildman–Crippen MR) is 62.5 cm³/mol. The van der Waals surface area contributed by atoms with E-state index in [9.17, 15) is 0 Å². The number of ether oxygens (including phenoxy) is 2. The average Bonchev–Trinajstić information content (AvgIpc) is 2.17. The van der Waals surface area contributed by atoms with Crippen LogP contribution in [0, 0.1) is 6.92 Å². The van der Waals surface area contributed by atoms with E-state index in [1.165, 1.54) is 0 Å². The summed E-state index contributed by atoms with van der Waals surface area (Å²) in [7, 11) is 0. The van der Waals surface area contributed by atoms with Crippen LogP contribution < -0.4 is 15.2 Å². The van der Waals surface area contributed by atoms with Gasteiger partial charge in [0.2, 0.25) is 0 Å². The van der Waals surface area contributed by atoms with E-state index in [1.807, 2.05) is 19.9 Å². The van der Waals surface area contributed by atoms with Crippen molar-refractivity contribution in [2.75, 3.05) is 13.2 Å². The number of benzene rings is 1. The van der Waals surface area contributed by atoms with Gasteiger partial charge in [-0.3, -0.25) is 0 Å². The summed E-state index contributed by atoms with van der Waals surface area (Å²) >= 11 is 3.53. The highest BCUT2D eigenvalue weighted by Gasteiger charge is 2.21. The quantitative estimate of drug-likeness (QED) is 0.854. The van der Waals surface area contributed by atoms with Crippen LogP contribution in [-0.2, 0) is 0 Å². The Kier molecular flexibility index (Phi) is 2.89. The molecule has 1 aromatic carbocycles. The zero-order valence-corrected chi connectivity index (χ0v) is 10.4. The molecule has 0 bridgehead atoms. The van der Waals surface area contributed by atoms with E-state index in [-0.39, 0.29) is 6.04 Å². The van der Waals surface area contributed by atoms with Gasteiger partial charge in [0.25, 0.3) is 0 Å². The Hall–Kier alpha value is -0.740. The van der Waals surface area contributed by atoms with Crippen molar-refractivity contribution >= 4 is 15.9 Å². The van der Waals surface area contributed by atoms with Gasteiger partial charge in [-0.2, -0.15) is 0 Å². The summed E-state index contributed by atoms with van der Waals surface area (Å²) < 4.78 is 12.0. The molecule has 0 spiro atoms. The molecule has 0 fully saturated rings. The summed E-state index contributed by atoms with van der Waals surface area (Å²) in [5.74, 6) is 1.58. The highest BCUT2D eigenvalue weighted by molar-refractivity contribution is 9.10. The number of aryl methyl sites for hydroxylation is 1. The maximum Gasteiger partial charge on any atom is 0.175 e. The first-order valence-electron chi connectivity index (χ1n) is 4.95. The minimum atomic E-state index is -0.0183. The summed E-state index contributed by atoms with van der Waals surface area (Å²) in [6.07, 6.45) is 0. The molecule has 0 aliphatic carbocycles. The van der Waals surface area contributed by atoms with Gasteiger partial charge in [-0.05, 0) is 47.0 Å². The predicted octanol–water partition coefficient (Wildman–Crippen LogP) is 2.55. The Morgan fingerprint density at radius 3 is 2.73 bits per heavy atom. The second-order valence-electron chi connectivity index (χ2n) is 3.73. The number of hydrogen-bond acceptors (Lipinski definition) is 3. The van der Waals surface area contributed by atoms with E-state index in [0.717, 1.165) is 27.1 Å². The van der Waals surface area contributed by atoms with Crippen molar-refractivity contribution in [1.82, 2.24) is 0 Å². The van der Waals surface area contributed by atoms with Gasteiger partial charge in [0.1, 0.15) is 13.2 Å². The van der Waals surface area contributed by atoms with Crippen molar-refractivity contribution in [3.8, 4) is 11.5 Å². The Morgan fingerprint density at radius 1 is 1.40 bits per heavy atom. The van der Waals surface area contributed by atoms with E-state index < -0.39 is 0 Å². The molecule has 1 aliphatic rings. The molecule has 0 saturated heterocycles. The van der Waals surface area contributed by atoms with Gasteiger partial charge >= 0.3 is 0 Å². The number of rotatable bonds is 1. The van der Waals surface area contributed by atoms with Crippen molar-refractivity contribution in [3.63, 3.8) is 0 Å². The van der Waals surface area contributed by atoms with Crippen molar-refractivity contribution < 1.29 is 9.47 Å². The SMILES string of the molecule is Cc1cc2c(c(Br)c1C(C)N)OCCO2. The van der Waals surface area contributed by atoms with E-state index in [4.69, 9.17) is 15.2 Å². The first kappa shape index (κ1) is 10.8. The van der Waals surface area contributed by atoms with Crippen LogP contribution in [0.1, 0.15) is 24.1 Å². The topological polar surface area (TPSA) is 44.5 Å². The number of fused-ring (bicyclic) bond motifs is 1. The zero-order chi connectivity index (χ0) is 11.0. The normalized spacial score (nSPS) is 16.3. The van der Waals surface area contributed by atoms with Crippen molar-refractivity contribution in [3.05, 3.63) is 21.7 Å². The molecule has 1 aromatic rings. The Bertz CT molecular complexity index is 391. The fourth-order valence-electron chi connectivity index (χ4n) is 1.84. The maximum absolute atomic E-state index is 5.92. The maximum atomic E-state index is 5.92. The van der Waals surface area contributed by atoms with Crippen LogP contribution in [0.4, 0.5) is 0 Å². The van der Waals surface area contributed by atoms with Gasteiger partial charge in [-0.25, -0.2) is 0 Å². The third-order valence-corrected chi connectivity index (χ3v) is 3.26. The minimum absolute atomic E-state index is 0.0183. The first-order chi connectivity index (χ1) is 7.11. The summed E-state index contributed by atoms with van der Waals surface area (Å²) in [5.41, 5.74) is 8.13. The summed E-state index contributed by atoms with van der Waals surface area (Å²) in [4.78, 5) is 0. The van der Waals surface area contributed by atoms with Gasteiger partial charge in [0.05, 0.1) is 4.47 Å². The minimum Gasteiger partial charge on any atom is -0.486 e. The van der Waals surface area contributed by atoms with E-state index >= 15 is 0 Å². The molecule has 0 radical (unpaired) electrons. The van der Waals surface area contributed by atoms with Gasteiger partial charge in [-0.15, -0.1) is 0 Å². The summed E-state index contributed by atoms with van der Waals surface area (Å²) in [6.45, 7) is 5.19. The van der Waals surface area contributed by atoms with E-state index in [2.05, 4.69) is 15.9 Å². The highest BCUT2D eigenvalue weighted by atomic mass is 79.9. The standard InChI is InChI=1S/C11H14BrNO2/c1-6-5-8-11(15-4-3-14-8)10(12)9(6)7(2)13/h5,7H,3-4,13H2,1-2H3. The van der Waals surface area contributed by atoms with E-state index in [0.29, 0.717) is 13.2 Å². The molecule has 0 saturated carbocycles. The smallest absolute Gasteiger partial charge is 0.175 e. The molecule has 3 nitrogen and oxygen atoms in total. The third-order valence-electron chi connectivity index (χ3n) is 2.47. The lowest BCUT2D eigenvalue weighted by atomic mass is 10.0. The molecule has 1 heterocycles. The average molecular weight is 272 g/mol. The molecule has 4 heteroatoms. The molecule has 1 atom stereocenters. The molecular formula is C11H14BrNO2. The second-order valence-corrected chi connectivity index (χ2v) is 4.53. The molecule has 2 rings (SSSR count). The molecule has 15 heavy (non-hydrogen) atoms. The largest absolute Gasteiger partial charge is 0.486 e. The van der Waals surface area contributed by atoms with Gasteiger partial charge in [0, 0.05) is 6.04 Å². The van der Waals surface area contributed by atoms with Crippen LogP contribution in [-0.4, -0.2) is 13.2 Å². The number of halogens is 1. The Balaban J connectivity index is 2.59. The summed E-state index contributed by atoms with van der Waals surface area (Å²) in [6, 6.07) is 1.97. The van der Waals surface area contributed by atoms with Crippen LogP contribution >= 0.6 is 15.9 Å². The van der Waals surface area contributed by atoms with Gasteiger partial charge < -0.3 is 15.2 Å². The monoisotopic (exact) mass is 271 g/mol. The molecule has 2 N–H and O–H groups in total. The third kappa shape index (κ3) is 1.84. The van der Waals surface area contributed by atoms with Crippen LogP contribution in [0.5, 0.6) is 11.5 Å². The summed E-state index contributed by atoms with van der Waals surface area (Å²) in [5, 5.41) is 0. The van der Waals surface area contributed by atoms with Gasteiger partial charge in [0.15, 0.2) is 11.5 Å². The van der Waals surface area contributed by atoms with E-state index in [1.54, 1.807) is 0 Å². The van der Waals surface area contributed by atoms with Crippen LogP contribution in [0.25, 0.3) is 0 Å². The van der Waals surface area contributed by atoms with Crippen molar-refractivity contribution in [1.29, 1.82) is 0 Å². The van der Waals surface area contributed by atoms with Crippen molar-refractivity contribution in [2.45, 2.75) is 19.9 Å². The molecule has 1 aliphatic heterocycles. The van der Waals surface area contributed by atoms with Crippen LogP contribution in [0.2, 0.25) is 0 Å². The fraction of sp³-hybridized carbons (Fsp3) is 0.455. The molecule has 0 aromatic heterocycles. The van der Waals surface area contributed by atoms with Gasteiger partial charge in [-0.1, -0.05) is 0 Å². The highest BCUT2D eigenvalue weighted by Crippen LogP contribution is 2.42. The van der Waals surface area contributed by atoms with Crippen LogP contribution in [0.15, 0.2) is 10.5 Å². The number of hydrogen-bond donors (Lipinski definition) is 1. The second kappa shape index (κ2) is 4.02. The van der Waals surface area contributed by atoms with Crippen molar-refractivity contribution in [2.24, 2.45) is 5.73 Å². The first-order valence-corrected chi connectivity index (χ1v) is 5.74. The fourth-order valence-corrected chi connectivity index (χ4v) is 2.82. The Morgan fingerprint density at radius 2 is 2.07 bits per heavy atom. The zero-order valence-electron chi connectivity index (χ0n) is 8.84. The lowest BCUT2D eigenvalue weighted by molar-refractivity contribution is 0.170. The van der Waals surface area contributed by atoms with Crippen LogP contribution in [0.3, 0.4) is 0 Å². The molecule has 0 amide bonds. The Labute approximate surface area is 97.7 Å². The lowest BCUT2D eigenvalue weighted by Crippen LogP contribution is -2.18. The molecule has 82 valence electrons.